The van der Waals surface area contributed by atoms with Crippen LogP contribution < -0.4 is 0 Å². The van der Waals surface area contributed by atoms with Gasteiger partial charge in [0, 0.05) is 0 Å². The zero-order valence-corrected chi connectivity index (χ0v) is 17.6. The van der Waals surface area contributed by atoms with Gasteiger partial charge < -0.3 is 0 Å². The molecule has 5 unspecified atom stereocenters. The Labute approximate surface area is 157 Å². The van der Waals surface area contributed by atoms with Gasteiger partial charge in [-0.1, -0.05) is 59.1 Å². The Morgan fingerprint density at radius 1 is 1.08 bits per heavy atom. The number of allylic oxidation sites excluding steroid dienone is 2. The lowest BCUT2D eigenvalue weighted by molar-refractivity contribution is -0.0521. The summed E-state index contributed by atoms with van der Waals surface area (Å²) in [7, 11) is 0. The van der Waals surface area contributed by atoms with Crippen molar-refractivity contribution in [3.8, 4) is 0 Å². The van der Waals surface area contributed by atoms with Gasteiger partial charge >= 0.3 is 0 Å². The van der Waals surface area contributed by atoms with E-state index in [-0.39, 0.29) is 0 Å². The van der Waals surface area contributed by atoms with Crippen LogP contribution in [0.25, 0.3) is 0 Å². The molecule has 0 aromatic carbocycles. The highest BCUT2D eigenvalue weighted by Crippen LogP contribution is 2.67. The predicted molar refractivity (Wildman–Crippen MR) is 108 cm³/mol. The first-order valence-electron chi connectivity index (χ1n) is 11.6. The van der Waals surface area contributed by atoms with Gasteiger partial charge in [0.15, 0.2) is 0 Å². The molecule has 142 valence electrons. The first-order valence-corrected chi connectivity index (χ1v) is 11.6. The summed E-state index contributed by atoms with van der Waals surface area (Å²) in [6.07, 6.45) is 17.4. The van der Waals surface area contributed by atoms with Gasteiger partial charge in [-0.15, -0.1) is 0 Å². The normalized spacial score (nSPS) is 50.4. The summed E-state index contributed by atoms with van der Waals surface area (Å²) >= 11 is 0. The molecule has 3 saturated carbocycles. The lowest BCUT2D eigenvalue weighted by Crippen LogP contribution is -2.50. The lowest BCUT2D eigenvalue weighted by Gasteiger charge is -2.58. The number of rotatable bonds is 3. The van der Waals surface area contributed by atoms with Crippen LogP contribution >= 0.6 is 0 Å². The summed E-state index contributed by atoms with van der Waals surface area (Å²) in [5, 5.41) is 0. The molecule has 3 fully saturated rings. The third-order valence-electron chi connectivity index (χ3n) is 9.85. The highest BCUT2D eigenvalue weighted by molar-refractivity contribution is 5.25. The van der Waals surface area contributed by atoms with E-state index in [0.29, 0.717) is 10.8 Å². The van der Waals surface area contributed by atoms with E-state index >= 15 is 0 Å². The van der Waals surface area contributed by atoms with Crippen LogP contribution in [0.5, 0.6) is 0 Å². The Morgan fingerprint density at radius 2 is 1.88 bits per heavy atom. The molecule has 0 saturated heterocycles. The maximum absolute atomic E-state index is 2.74. The molecule has 0 heterocycles. The zero-order chi connectivity index (χ0) is 17.8. The smallest absolute Gasteiger partial charge is 0.00851 e. The van der Waals surface area contributed by atoms with E-state index in [1.165, 1.54) is 64.2 Å². The summed E-state index contributed by atoms with van der Waals surface area (Å²) in [6.45, 7) is 12.8. The first-order chi connectivity index (χ1) is 11.9. The van der Waals surface area contributed by atoms with Crippen LogP contribution in [0.3, 0.4) is 0 Å². The molecule has 25 heavy (non-hydrogen) atoms. The quantitative estimate of drug-likeness (QED) is 0.462. The second-order valence-electron chi connectivity index (χ2n) is 11.1. The SMILES string of the molecule is CCCC(C)[C@H]1CCC2C3CC=C4CC(C)CC[C@]4(C)C3CC[C@@]21C. The van der Waals surface area contributed by atoms with E-state index < -0.39 is 0 Å². The molecule has 4 rings (SSSR count). The van der Waals surface area contributed by atoms with Gasteiger partial charge in [-0.25, -0.2) is 0 Å². The van der Waals surface area contributed by atoms with Crippen molar-refractivity contribution in [3.63, 3.8) is 0 Å². The molecule has 0 radical (unpaired) electrons. The van der Waals surface area contributed by atoms with Crippen molar-refractivity contribution in [1.29, 1.82) is 0 Å². The standard InChI is InChI=1S/C25H42/c1-6-7-18(3)21-10-11-22-20-9-8-19-16-17(2)12-14-24(19,4)23(20)13-15-25(21,22)5/h8,17-18,20-23H,6-7,9-16H2,1-5H3/t17?,18?,20?,21-,22?,23?,24+,25-/m1/s1. The molecule has 4 aliphatic carbocycles. The number of fused-ring (bicyclic) bond motifs is 5. The van der Waals surface area contributed by atoms with Gasteiger partial charge in [-0.2, -0.15) is 0 Å². The van der Waals surface area contributed by atoms with Crippen LogP contribution in [0.2, 0.25) is 0 Å². The van der Waals surface area contributed by atoms with Gasteiger partial charge in [0.2, 0.25) is 0 Å². The van der Waals surface area contributed by atoms with Crippen LogP contribution in [0, 0.1) is 46.3 Å². The minimum absolute atomic E-state index is 0.559. The number of hydrogen-bond acceptors (Lipinski definition) is 0. The molecular weight excluding hydrogens is 300 g/mol. The van der Waals surface area contributed by atoms with Crippen molar-refractivity contribution in [1.82, 2.24) is 0 Å². The second-order valence-corrected chi connectivity index (χ2v) is 11.1. The monoisotopic (exact) mass is 342 g/mol. The maximum atomic E-state index is 2.74. The summed E-state index contributed by atoms with van der Waals surface area (Å²) in [4.78, 5) is 0. The minimum Gasteiger partial charge on any atom is -0.0845 e. The largest absolute Gasteiger partial charge is 0.0845 e. The van der Waals surface area contributed by atoms with Crippen LogP contribution in [0.15, 0.2) is 11.6 Å². The van der Waals surface area contributed by atoms with E-state index in [0.717, 1.165) is 35.5 Å². The Morgan fingerprint density at radius 3 is 2.64 bits per heavy atom. The highest BCUT2D eigenvalue weighted by Gasteiger charge is 2.58. The Balaban J connectivity index is 1.60. The van der Waals surface area contributed by atoms with Crippen LogP contribution in [0.1, 0.15) is 98.8 Å². The summed E-state index contributed by atoms with van der Waals surface area (Å²) < 4.78 is 0. The van der Waals surface area contributed by atoms with Crippen LogP contribution in [0.4, 0.5) is 0 Å². The van der Waals surface area contributed by atoms with Gasteiger partial charge in [0.05, 0.1) is 0 Å². The van der Waals surface area contributed by atoms with Gasteiger partial charge in [-0.05, 0) is 97.7 Å². The van der Waals surface area contributed by atoms with Crippen molar-refractivity contribution >= 4 is 0 Å². The first kappa shape index (κ1) is 18.1. The minimum atomic E-state index is 0.559. The highest BCUT2D eigenvalue weighted by atomic mass is 14.6. The van der Waals surface area contributed by atoms with E-state index in [1.807, 2.05) is 5.57 Å². The second kappa shape index (κ2) is 6.42. The Hall–Kier alpha value is -0.260. The third kappa shape index (κ3) is 2.68. The molecular formula is C25H42. The topological polar surface area (TPSA) is 0 Å². The molecule has 4 aliphatic rings. The third-order valence-corrected chi connectivity index (χ3v) is 9.85. The fourth-order valence-corrected chi connectivity index (χ4v) is 8.47. The summed E-state index contributed by atoms with van der Waals surface area (Å²) in [5.41, 5.74) is 3.08. The molecule has 0 amide bonds. The molecule has 0 aromatic heterocycles. The van der Waals surface area contributed by atoms with Crippen molar-refractivity contribution in [2.24, 2.45) is 46.3 Å². The van der Waals surface area contributed by atoms with E-state index in [1.54, 1.807) is 0 Å². The van der Waals surface area contributed by atoms with Crippen molar-refractivity contribution < 1.29 is 0 Å². The maximum Gasteiger partial charge on any atom is -0.00851 e. The van der Waals surface area contributed by atoms with E-state index in [9.17, 15) is 0 Å². The number of hydrogen-bond donors (Lipinski definition) is 0. The molecule has 0 heteroatoms. The summed E-state index contributed by atoms with van der Waals surface area (Å²) in [6, 6.07) is 0. The van der Waals surface area contributed by atoms with Crippen molar-refractivity contribution in [2.75, 3.05) is 0 Å². The summed E-state index contributed by atoms with van der Waals surface area (Å²) in [5.74, 6) is 5.89. The van der Waals surface area contributed by atoms with E-state index in [4.69, 9.17) is 0 Å². The van der Waals surface area contributed by atoms with Crippen molar-refractivity contribution in [2.45, 2.75) is 98.8 Å². The van der Waals surface area contributed by atoms with Gasteiger partial charge in [-0.3, -0.25) is 0 Å². The van der Waals surface area contributed by atoms with Gasteiger partial charge in [0.25, 0.3) is 0 Å². The fourth-order valence-electron chi connectivity index (χ4n) is 8.47. The van der Waals surface area contributed by atoms with Gasteiger partial charge in [0.1, 0.15) is 0 Å². The predicted octanol–water partition coefficient (Wildman–Crippen LogP) is 7.64. The average molecular weight is 343 g/mol. The van der Waals surface area contributed by atoms with Crippen molar-refractivity contribution in [3.05, 3.63) is 11.6 Å². The molecule has 0 spiro atoms. The van der Waals surface area contributed by atoms with E-state index in [2.05, 4.69) is 40.7 Å². The van der Waals surface area contributed by atoms with Crippen LogP contribution in [-0.4, -0.2) is 0 Å². The van der Waals surface area contributed by atoms with Crippen LogP contribution in [-0.2, 0) is 0 Å². The average Bonchev–Trinajstić information content (AvgIpc) is 2.93. The molecule has 0 nitrogen and oxygen atoms in total. The zero-order valence-electron chi connectivity index (χ0n) is 17.6. The molecule has 8 atom stereocenters. The molecule has 0 aromatic rings. The molecule has 0 N–H and O–H groups in total. The lowest BCUT2D eigenvalue weighted by atomic mass is 9.46. The molecule has 0 aliphatic heterocycles. The fraction of sp³-hybridized carbons (Fsp3) is 0.920. The Bertz CT molecular complexity index is 530. The Kier molecular flexibility index (Phi) is 4.65. The molecule has 0 bridgehead atoms.